The summed E-state index contributed by atoms with van der Waals surface area (Å²) < 4.78 is 76.1. The largest absolute Gasteiger partial charge is 0.573 e. The Morgan fingerprint density at radius 2 is 1.59 bits per heavy atom. The maximum atomic E-state index is 12.3. The summed E-state index contributed by atoms with van der Waals surface area (Å²) in [6.07, 6.45) is -9.80. The molecule has 0 aromatic heterocycles. The van der Waals surface area contributed by atoms with E-state index in [0.717, 1.165) is 6.07 Å². The van der Waals surface area contributed by atoms with E-state index in [-0.39, 0.29) is 18.2 Å². The van der Waals surface area contributed by atoms with Gasteiger partial charge in [0.25, 0.3) is 0 Å². The topological polar surface area (TPSA) is 35.2 Å². The van der Waals surface area contributed by atoms with Gasteiger partial charge in [0.15, 0.2) is 0 Å². The smallest absolute Gasteiger partial charge is 0.406 e. The van der Waals surface area contributed by atoms with Crippen molar-refractivity contribution < 1.29 is 31.1 Å². The van der Waals surface area contributed by atoms with E-state index in [2.05, 4.69) is 4.74 Å². The van der Waals surface area contributed by atoms with E-state index in [1.54, 1.807) is 0 Å². The number of alkyl halides is 6. The van der Waals surface area contributed by atoms with Gasteiger partial charge in [0.05, 0.1) is 5.56 Å². The first-order valence-electron chi connectivity index (χ1n) is 4.29. The van der Waals surface area contributed by atoms with Crippen molar-refractivity contribution in [1.82, 2.24) is 0 Å². The molecule has 96 valence electrons. The van der Waals surface area contributed by atoms with Gasteiger partial charge in [-0.1, -0.05) is 0 Å². The molecule has 8 heteroatoms. The molecule has 2 N–H and O–H groups in total. The second-order valence-corrected chi connectivity index (χ2v) is 3.12. The van der Waals surface area contributed by atoms with Crippen LogP contribution >= 0.6 is 0 Å². The maximum Gasteiger partial charge on any atom is 0.573 e. The van der Waals surface area contributed by atoms with Crippen LogP contribution in [0.2, 0.25) is 0 Å². The predicted molar refractivity (Wildman–Crippen MR) is 46.0 cm³/mol. The van der Waals surface area contributed by atoms with Gasteiger partial charge in [0.1, 0.15) is 5.75 Å². The van der Waals surface area contributed by atoms with Crippen molar-refractivity contribution in [3.63, 3.8) is 0 Å². The first-order chi connectivity index (χ1) is 7.62. The van der Waals surface area contributed by atoms with Crippen LogP contribution in [0.3, 0.4) is 0 Å². The van der Waals surface area contributed by atoms with Crippen LogP contribution in [0.25, 0.3) is 0 Å². The maximum absolute atomic E-state index is 12.3. The quantitative estimate of drug-likeness (QED) is 0.828. The van der Waals surface area contributed by atoms with Crippen molar-refractivity contribution in [2.24, 2.45) is 5.73 Å². The number of rotatable bonds is 2. The molecule has 2 nitrogen and oxygen atoms in total. The SMILES string of the molecule is NCc1cc(OC(F)(F)F)cc(C(F)(F)F)c1. The molecule has 1 aromatic carbocycles. The second kappa shape index (κ2) is 4.44. The minimum Gasteiger partial charge on any atom is -0.406 e. The third kappa shape index (κ3) is 4.14. The molecule has 0 spiro atoms. The lowest BCUT2D eigenvalue weighted by Gasteiger charge is -2.13. The summed E-state index contributed by atoms with van der Waals surface area (Å²) in [5.74, 6) is -0.937. The molecule has 0 saturated heterocycles. The van der Waals surface area contributed by atoms with E-state index in [4.69, 9.17) is 5.73 Å². The number of hydrogen-bond donors (Lipinski definition) is 1. The van der Waals surface area contributed by atoms with Crippen LogP contribution in [-0.4, -0.2) is 6.36 Å². The highest BCUT2D eigenvalue weighted by atomic mass is 19.4. The van der Waals surface area contributed by atoms with Crippen LogP contribution in [0, 0.1) is 0 Å². The lowest BCUT2D eigenvalue weighted by molar-refractivity contribution is -0.274. The summed E-state index contributed by atoms with van der Waals surface area (Å²) in [5, 5.41) is 0. The fraction of sp³-hybridized carbons (Fsp3) is 0.333. The summed E-state index contributed by atoms with van der Waals surface area (Å²) >= 11 is 0. The Hall–Kier alpha value is -1.44. The fourth-order valence-corrected chi connectivity index (χ4v) is 1.13. The van der Waals surface area contributed by atoms with Gasteiger partial charge in [-0.05, 0) is 23.8 Å². The first-order valence-corrected chi connectivity index (χ1v) is 4.29. The van der Waals surface area contributed by atoms with Crippen molar-refractivity contribution in [1.29, 1.82) is 0 Å². The van der Waals surface area contributed by atoms with Crippen LogP contribution in [0.15, 0.2) is 18.2 Å². The van der Waals surface area contributed by atoms with Crippen molar-refractivity contribution in [2.75, 3.05) is 0 Å². The Morgan fingerprint density at radius 3 is 2.00 bits per heavy atom. The van der Waals surface area contributed by atoms with Gasteiger partial charge in [-0.25, -0.2) is 0 Å². The third-order valence-electron chi connectivity index (χ3n) is 1.76. The number of benzene rings is 1. The molecule has 1 aromatic rings. The molecule has 0 atom stereocenters. The fourth-order valence-electron chi connectivity index (χ4n) is 1.13. The number of ether oxygens (including phenoxy) is 1. The molecule has 0 unspecified atom stereocenters. The highest BCUT2D eigenvalue weighted by Gasteiger charge is 2.34. The Labute approximate surface area is 92.0 Å². The molecule has 0 aliphatic rings. The van der Waals surface area contributed by atoms with Crippen LogP contribution in [-0.2, 0) is 12.7 Å². The van der Waals surface area contributed by atoms with Crippen molar-refractivity contribution in [3.05, 3.63) is 29.3 Å². The zero-order valence-corrected chi connectivity index (χ0v) is 8.19. The van der Waals surface area contributed by atoms with Gasteiger partial charge >= 0.3 is 12.5 Å². The van der Waals surface area contributed by atoms with E-state index in [0.29, 0.717) is 6.07 Å². The van der Waals surface area contributed by atoms with Crippen molar-refractivity contribution in [2.45, 2.75) is 19.1 Å². The lowest BCUT2D eigenvalue weighted by atomic mass is 10.1. The molecule has 0 amide bonds. The molecule has 0 aliphatic heterocycles. The second-order valence-electron chi connectivity index (χ2n) is 3.12. The molecule has 0 radical (unpaired) electrons. The minimum absolute atomic E-state index is 0.0981. The summed E-state index contributed by atoms with van der Waals surface area (Å²) in [6, 6.07) is 1.75. The van der Waals surface area contributed by atoms with Gasteiger partial charge in [-0.2, -0.15) is 13.2 Å². The lowest BCUT2D eigenvalue weighted by Crippen LogP contribution is -2.18. The van der Waals surface area contributed by atoms with E-state index in [9.17, 15) is 26.3 Å². The Kier molecular flexibility index (Phi) is 3.56. The molecule has 0 aliphatic carbocycles. The predicted octanol–water partition coefficient (Wildman–Crippen LogP) is 3.06. The average Bonchev–Trinajstić information content (AvgIpc) is 2.13. The Morgan fingerprint density at radius 1 is 1.00 bits per heavy atom. The molecule has 0 saturated carbocycles. The summed E-state index contributed by atoms with van der Waals surface area (Å²) in [4.78, 5) is 0. The zero-order valence-electron chi connectivity index (χ0n) is 8.19. The average molecular weight is 259 g/mol. The standard InChI is InChI=1S/C9H7F6NO/c10-8(11,12)6-1-5(4-16)2-7(3-6)17-9(13,14)15/h1-3H,4,16H2. The molecule has 1 rings (SSSR count). The Bertz CT molecular complexity index is 397. The highest BCUT2D eigenvalue weighted by molar-refractivity contribution is 5.36. The molecular weight excluding hydrogens is 252 g/mol. The first kappa shape index (κ1) is 13.6. The van der Waals surface area contributed by atoms with Gasteiger partial charge in [0.2, 0.25) is 0 Å². The van der Waals surface area contributed by atoms with Gasteiger partial charge in [-0.15, -0.1) is 13.2 Å². The van der Waals surface area contributed by atoms with Crippen molar-refractivity contribution >= 4 is 0 Å². The van der Waals surface area contributed by atoms with Gasteiger partial charge in [-0.3, -0.25) is 0 Å². The zero-order chi connectivity index (χ0) is 13.3. The van der Waals surface area contributed by atoms with Gasteiger partial charge < -0.3 is 10.5 Å². The van der Waals surface area contributed by atoms with Crippen molar-refractivity contribution in [3.8, 4) is 5.75 Å². The normalized spacial score (nSPS) is 12.6. The Balaban J connectivity index is 3.15. The van der Waals surface area contributed by atoms with E-state index >= 15 is 0 Å². The molecule has 17 heavy (non-hydrogen) atoms. The van der Waals surface area contributed by atoms with Crippen LogP contribution < -0.4 is 10.5 Å². The van der Waals surface area contributed by atoms with Crippen LogP contribution in [0.4, 0.5) is 26.3 Å². The monoisotopic (exact) mass is 259 g/mol. The summed E-state index contributed by atoms with van der Waals surface area (Å²) in [6.45, 7) is -0.321. The van der Waals surface area contributed by atoms with E-state index in [1.807, 2.05) is 0 Å². The van der Waals surface area contributed by atoms with Gasteiger partial charge in [0, 0.05) is 6.54 Å². The van der Waals surface area contributed by atoms with E-state index < -0.39 is 23.9 Å². The number of halogens is 6. The molecule has 0 bridgehead atoms. The number of hydrogen-bond acceptors (Lipinski definition) is 2. The third-order valence-corrected chi connectivity index (χ3v) is 1.76. The summed E-state index contributed by atoms with van der Waals surface area (Å²) in [5.41, 5.74) is 3.76. The molecule has 0 heterocycles. The minimum atomic E-state index is -5.05. The summed E-state index contributed by atoms with van der Waals surface area (Å²) in [7, 11) is 0. The van der Waals surface area contributed by atoms with Crippen LogP contribution in [0.5, 0.6) is 5.75 Å². The van der Waals surface area contributed by atoms with E-state index in [1.165, 1.54) is 0 Å². The molecular formula is C9H7F6NO. The highest BCUT2D eigenvalue weighted by Crippen LogP contribution is 2.34. The van der Waals surface area contributed by atoms with Crippen LogP contribution in [0.1, 0.15) is 11.1 Å². The molecule has 0 fully saturated rings. The number of nitrogens with two attached hydrogens (primary N) is 1.